The van der Waals surface area contributed by atoms with Crippen molar-refractivity contribution in [3.63, 3.8) is 0 Å². The number of carbonyl (C=O) groups excluding carboxylic acids is 2. The van der Waals surface area contributed by atoms with Crippen LogP contribution in [0.3, 0.4) is 0 Å². The lowest BCUT2D eigenvalue weighted by atomic mass is 9.93. The molecule has 2 aromatic rings. The Balaban J connectivity index is 1.37. The predicted octanol–water partition coefficient (Wildman–Crippen LogP) is 3.63. The smallest absolute Gasteiger partial charge is 0.317 e. The van der Waals surface area contributed by atoms with Gasteiger partial charge < -0.3 is 20.3 Å². The van der Waals surface area contributed by atoms with Crippen LogP contribution in [0.1, 0.15) is 36.0 Å². The van der Waals surface area contributed by atoms with Gasteiger partial charge in [0.2, 0.25) is 5.91 Å². The number of urea groups is 1. The van der Waals surface area contributed by atoms with Gasteiger partial charge in [0.05, 0.1) is 7.11 Å². The van der Waals surface area contributed by atoms with Gasteiger partial charge >= 0.3 is 6.03 Å². The third-order valence-corrected chi connectivity index (χ3v) is 5.69. The molecule has 0 radical (unpaired) electrons. The number of methoxy groups -OCH3 is 1. The summed E-state index contributed by atoms with van der Waals surface area (Å²) >= 11 is 0. The summed E-state index contributed by atoms with van der Waals surface area (Å²) in [7, 11) is 1.63. The van der Waals surface area contributed by atoms with Crippen molar-refractivity contribution in [3.8, 4) is 5.75 Å². The van der Waals surface area contributed by atoms with Crippen LogP contribution in [0.25, 0.3) is 0 Å². The quantitative estimate of drug-likeness (QED) is 0.734. The Bertz CT molecular complexity index is 860. The van der Waals surface area contributed by atoms with Crippen molar-refractivity contribution in [2.24, 2.45) is 5.92 Å². The molecule has 0 bridgehead atoms. The van der Waals surface area contributed by atoms with E-state index in [1.165, 1.54) is 5.56 Å². The Hall–Kier alpha value is -3.02. The highest BCUT2D eigenvalue weighted by Crippen LogP contribution is 2.21. The van der Waals surface area contributed by atoms with Crippen LogP contribution in [0.5, 0.6) is 5.75 Å². The molecule has 1 aliphatic rings. The Kier molecular flexibility index (Phi) is 7.71. The fourth-order valence-corrected chi connectivity index (χ4v) is 3.75. The molecular weight excluding hydrogens is 378 g/mol. The topological polar surface area (TPSA) is 70.7 Å². The van der Waals surface area contributed by atoms with E-state index in [9.17, 15) is 9.59 Å². The maximum Gasteiger partial charge on any atom is 0.317 e. The van der Waals surface area contributed by atoms with Crippen molar-refractivity contribution in [2.75, 3.05) is 20.2 Å². The van der Waals surface area contributed by atoms with E-state index in [2.05, 4.69) is 23.6 Å². The van der Waals surface area contributed by atoms with Crippen LogP contribution in [-0.2, 0) is 17.9 Å². The van der Waals surface area contributed by atoms with Crippen molar-refractivity contribution < 1.29 is 14.3 Å². The van der Waals surface area contributed by atoms with Gasteiger partial charge in [0.15, 0.2) is 0 Å². The lowest BCUT2D eigenvalue weighted by Crippen LogP contribution is -2.44. The second-order valence-corrected chi connectivity index (χ2v) is 7.85. The maximum absolute atomic E-state index is 12.5. The molecule has 6 heteroatoms. The third kappa shape index (κ3) is 6.24. The van der Waals surface area contributed by atoms with Gasteiger partial charge in [0.1, 0.15) is 5.75 Å². The van der Waals surface area contributed by atoms with E-state index in [0.29, 0.717) is 38.5 Å². The summed E-state index contributed by atoms with van der Waals surface area (Å²) in [4.78, 5) is 26.6. The number of amides is 3. The first kappa shape index (κ1) is 21.7. The Morgan fingerprint density at radius 3 is 2.53 bits per heavy atom. The fourth-order valence-electron chi connectivity index (χ4n) is 3.75. The van der Waals surface area contributed by atoms with Gasteiger partial charge in [-0.2, -0.15) is 0 Å². The maximum atomic E-state index is 12.5. The van der Waals surface area contributed by atoms with Crippen LogP contribution >= 0.6 is 0 Å². The zero-order chi connectivity index (χ0) is 21.3. The van der Waals surface area contributed by atoms with Gasteiger partial charge in [0.25, 0.3) is 0 Å². The first-order chi connectivity index (χ1) is 14.5. The molecule has 3 amide bonds. The highest BCUT2D eigenvalue weighted by Gasteiger charge is 2.24. The number of likely N-dealkylation sites (tertiary alicyclic amines) is 1. The van der Waals surface area contributed by atoms with Crippen molar-refractivity contribution in [1.29, 1.82) is 0 Å². The highest BCUT2D eigenvalue weighted by molar-refractivity contribution is 5.76. The minimum Gasteiger partial charge on any atom is -0.497 e. The van der Waals surface area contributed by atoms with E-state index < -0.39 is 0 Å². The monoisotopic (exact) mass is 409 g/mol. The summed E-state index contributed by atoms with van der Waals surface area (Å²) in [5.74, 6) is 1.19. The Morgan fingerprint density at radius 1 is 1.03 bits per heavy atom. The van der Waals surface area contributed by atoms with E-state index in [1.807, 2.05) is 47.4 Å². The molecule has 0 unspecified atom stereocenters. The van der Waals surface area contributed by atoms with Crippen LogP contribution in [-0.4, -0.2) is 37.0 Å². The van der Waals surface area contributed by atoms with Crippen LogP contribution in [0.15, 0.2) is 48.5 Å². The number of benzene rings is 2. The Morgan fingerprint density at radius 2 is 1.80 bits per heavy atom. The molecular formula is C24H31N3O3. The average Bonchev–Trinajstić information content (AvgIpc) is 2.77. The van der Waals surface area contributed by atoms with E-state index in [-0.39, 0.29) is 11.9 Å². The molecule has 1 saturated heterocycles. The highest BCUT2D eigenvalue weighted by atomic mass is 16.5. The van der Waals surface area contributed by atoms with Crippen molar-refractivity contribution in [3.05, 3.63) is 65.2 Å². The molecule has 160 valence electrons. The van der Waals surface area contributed by atoms with E-state index in [0.717, 1.165) is 29.7 Å². The second-order valence-electron chi connectivity index (χ2n) is 7.85. The molecule has 0 aliphatic carbocycles. The number of hydrogen-bond donors (Lipinski definition) is 2. The van der Waals surface area contributed by atoms with Gasteiger partial charge in [-0.05, 0) is 54.5 Å². The predicted molar refractivity (Wildman–Crippen MR) is 117 cm³/mol. The van der Waals surface area contributed by atoms with Crippen molar-refractivity contribution in [1.82, 2.24) is 15.5 Å². The number of carbonyl (C=O) groups is 2. The zero-order valence-corrected chi connectivity index (χ0v) is 17.8. The first-order valence-electron chi connectivity index (χ1n) is 10.5. The number of ether oxygens (including phenoxy) is 1. The Labute approximate surface area is 178 Å². The molecule has 2 N–H and O–H groups in total. The third-order valence-electron chi connectivity index (χ3n) is 5.69. The molecule has 6 nitrogen and oxygen atoms in total. The molecule has 2 aromatic carbocycles. The molecule has 0 saturated carbocycles. The molecule has 1 heterocycles. The zero-order valence-electron chi connectivity index (χ0n) is 17.8. The van der Waals surface area contributed by atoms with Gasteiger partial charge in [-0.1, -0.05) is 36.4 Å². The molecule has 1 aliphatic heterocycles. The summed E-state index contributed by atoms with van der Waals surface area (Å²) in [6, 6.07) is 15.7. The van der Waals surface area contributed by atoms with Gasteiger partial charge in [0, 0.05) is 32.6 Å². The lowest BCUT2D eigenvalue weighted by molar-refractivity contribution is -0.122. The van der Waals surface area contributed by atoms with Crippen LogP contribution in [0.2, 0.25) is 0 Å². The minimum atomic E-state index is -0.0553. The van der Waals surface area contributed by atoms with E-state index in [1.54, 1.807) is 7.11 Å². The number of hydrogen-bond acceptors (Lipinski definition) is 3. The van der Waals surface area contributed by atoms with Crippen LogP contribution < -0.4 is 15.4 Å². The summed E-state index contributed by atoms with van der Waals surface area (Å²) < 4.78 is 5.21. The second kappa shape index (κ2) is 10.7. The van der Waals surface area contributed by atoms with E-state index >= 15 is 0 Å². The SMILES string of the molecule is COc1cccc(CNC(=O)N2CCC(CC(=O)NCc3ccccc3C)CC2)c1. The van der Waals surface area contributed by atoms with E-state index in [4.69, 9.17) is 4.74 Å². The van der Waals surface area contributed by atoms with Crippen LogP contribution in [0.4, 0.5) is 4.79 Å². The number of piperidine rings is 1. The van der Waals surface area contributed by atoms with Gasteiger partial charge in [-0.3, -0.25) is 4.79 Å². The molecule has 0 aromatic heterocycles. The molecule has 3 rings (SSSR count). The summed E-state index contributed by atoms with van der Waals surface area (Å²) in [5.41, 5.74) is 3.34. The van der Waals surface area contributed by atoms with Crippen LogP contribution in [0, 0.1) is 12.8 Å². The normalized spacial score (nSPS) is 14.3. The number of aryl methyl sites for hydroxylation is 1. The largest absolute Gasteiger partial charge is 0.497 e. The fraction of sp³-hybridized carbons (Fsp3) is 0.417. The lowest BCUT2D eigenvalue weighted by Gasteiger charge is -2.31. The molecule has 0 atom stereocenters. The number of nitrogens with zero attached hydrogens (tertiary/aromatic N) is 1. The minimum absolute atomic E-state index is 0.0553. The van der Waals surface area contributed by atoms with Crippen molar-refractivity contribution in [2.45, 2.75) is 39.3 Å². The molecule has 0 spiro atoms. The summed E-state index contributed by atoms with van der Waals surface area (Å²) in [5, 5.41) is 6.00. The van der Waals surface area contributed by atoms with Crippen molar-refractivity contribution >= 4 is 11.9 Å². The molecule has 30 heavy (non-hydrogen) atoms. The standard InChI is InChI=1S/C24H31N3O3/c1-18-6-3-4-8-21(18)17-25-23(28)15-19-10-12-27(13-11-19)24(29)26-16-20-7-5-9-22(14-20)30-2/h3-9,14,19H,10-13,15-17H2,1-2H3,(H,25,28)(H,26,29). The number of nitrogens with one attached hydrogen (secondary N) is 2. The number of rotatable bonds is 7. The molecule has 1 fully saturated rings. The average molecular weight is 410 g/mol. The summed E-state index contributed by atoms with van der Waals surface area (Å²) in [6.07, 6.45) is 2.22. The summed E-state index contributed by atoms with van der Waals surface area (Å²) in [6.45, 7) is 4.45. The first-order valence-corrected chi connectivity index (χ1v) is 10.5. The van der Waals surface area contributed by atoms with Gasteiger partial charge in [-0.25, -0.2) is 4.79 Å². The van der Waals surface area contributed by atoms with Gasteiger partial charge in [-0.15, -0.1) is 0 Å².